The molecule has 5 aromatic carbocycles. The van der Waals surface area contributed by atoms with Crippen LogP contribution in [0.5, 0.6) is 0 Å². The maximum atomic E-state index is 11.8. The molecule has 208 valence electrons. The molecular formula is C38H29N3OS. The summed E-state index contributed by atoms with van der Waals surface area (Å²) in [5.41, 5.74) is 10.3. The van der Waals surface area contributed by atoms with Crippen molar-refractivity contribution in [2.24, 2.45) is 0 Å². The normalized spacial score (nSPS) is 13.5. The first-order valence-electron chi connectivity index (χ1n) is 14.0. The standard InChI is InChI=1S/C38H29N3OS/c42-37-36(40-38(43)41-37)26-30-15-13-27(14-16-30)11-12-28-17-21-33(22-18-28)39-34-23-19-29(20-24-34)25-35(31-7-3-1-4-8-31)32-9-5-2-6-10-32/h1-26,39H,(H2,40,41,42,43)/b12-11+,36-26-. The number of carbonyl (C=O) groups excluding carboxylic acids is 1. The van der Waals surface area contributed by atoms with Crippen molar-refractivity contribution in [3.8, 4) is 0 Å². The van der Waals surface area contributed by atoms with E-state index in [-0.39, 0.29) is 5.91 Å². The molecule has 6 rings (SSSR count). The first-order chi connectivity index (χ1) is 21.1. The number of rotatable bonds is 8. The van der Waals surface area contributed by atoms with E-state index in [9.17, 15) is 4.79 Å². The Balaban J connectivity index is 1.09. The molecular weight excluding hydrogens is 547 g/mol. The van der Waals surface area contributed by atoms with Crippen molar-refractivity contribution >= 4 is 64.5 Å². The predicted molar refractivity (Wildman–Crippen MR) is 183 cm³/mol. The fraction of sp³-hybridized carbons (Fsp3) is 0. The lowest BCUT2D eigenvalue weighted by molar-refractivity contribution is -0.115. The van der Waals surface area contributed by atoms with Crippen LogP contribution in [0.1, 0.15) is 33.4 Å². The van der Waals surface area contributed by atoms with Crippen molar-refractivity contribution in [3.05, 3.63) is 173 Å². The molecule has 0 bridgehead atoms. The third-order valence-corrected chi connectivity index (χ3v) is 7.23. The van der Waals surface area contributed by atoms with Gasteiger partial charge in [0.1, 0.15) is 5.70 Å². The van der Waals surface area contributed by atoms with Gasteiger partial charge in [0.25, 0.3) is 5.91 Å². The second kappa shape index (κ2) is 13.0. The van der Waals surface area contributed by atoms with Crippen LogP contribution in [-0.2, 0) is 4.79 Å². The molecule has 5 heteroatoms. The topological polar surface area (TPSA) is 53.2 Å². The van der Waals surface area contributed by atoms with Crippen LogP contribution in [0.15, 0.2) is 139 Å². The van der Waals surface area contributed by atoms with Crippen LogP contribution in [-0.4, -0.2) is 11.0 Å². The van der Waals surface area contributed by atoms with Crippen molar-refractivity contribution < 1.29 is 4.79 Å². The molecule has 0 radical (unpaired) electrons. The smallest absolute Gasteiger partial charge is 0.273 e. The summed E-state index contributed by atoms with van der Waals surface area (Å²) >= 11 is 4.98. The van der Waals surface area contributed by atoms with Crippen LogP contribution in [0.4, 0.5) is 11.4 Å². The molecule has 0 spiro atoms. The lowest BCUT2D eigenvalue weighted by atomic mass is 9.96. The van der Waals surface area contributed by atoms with Gasteiger partial charge >= 0.3 is 0 Å². The lowest BCUT2D eigenvalue weighted by Crippen LogP contribution is -2.21. The van der Waals surface area contributed by atoms with Crippen molar-refractivity contribution in [3.63, 3.8) is 0 Å². The monoisotopic (exact) mass is 575 g/mol. The van der Waals surface area contributed by atoms with Gasteiger partial charge in [0, 0.05) is 11.4 Å². The Labute approximate surface area is 257 Å². The van der Waals surface area contributed by atoms with E-state index in [2.05, 4.69) is 131 Å². The Morgan fingerprint density at radius 1 is 0.558 bits per heavy atom. The number of benzene rings is 5. The highest BCUT2D eigenvalue weighted by molar-refractivity contribution is 7.80. The van der Waals surface area contributed by atoms with Gasteiger partial charge < -0.3 is 10.6 Å². The molecule has 1 heterocycles. The Morgan fingerprint density at radius 2 is 1.02 bits per heavy atom. The van der Waals surface area contributed by atoms with E-state index in [0.29, 0.717) is 10.8 Å². The minimum Gasteiger partial charge on any atom is -0.356 e. The second-order valence-electron chi connectivity index (χ2n) is 10.1. The molecule has 1 saturated heterocycles. The molecule has 0 aromatic heterocycles. The maximum Gasteiger partial charge on any atom is 0.273 e. The number of hydrogen-bond donors (Lipinski definition) is 3. The Morgan fingerprint density at radius 3 is 1.51 bits per heavy atom. The van der Waals surface area contributed by atoms with Crippen molar-refractivity contribution in [2.45, 2.75) is 0 Å². The zero-order chi connectivity index (χ0) is 29.4. The van der Waals surface area contributed by atoms with Crippen LogP contribution in [0, 0.1) is 0 Å². The number of anilines is 2. The van der Waals surface area contributed by atoms with Gasteiger partial charge in [0.05, 0.1) is 0 Å². The molecule has 0 unspecified atom stereocenters. The summed E-state index contributed by atoms with van der Waals surface area (Å²) in [4.78, 5) is 11.8. The molecule has 4 nitrogen and oxygen atoms in total. The van der Waals surface area contributed by atoms with E-state index in [1.807, 2.05) is 36.4 Å². The molecule has 1 amide bonds. The summed E-state index contributed by atoms with van der Waals surface area (Å²) < 4.78 is 0. The fourth-order valence-electron chi connectivity index (χ4n) is 4.79. The van der Waals surface area contributed by atoms with Crippen LogP contribution < -0.4 is 16.0 Å². The van der Waals surface area contributed by atoms with Crippen LogP contribution in [0.3, 0.4) is 0 Å². The first kappa shape index (κ1) is 27.6. The minimum absolute atomic E-state index is 0.211. The summed E-state index contributed by atoms with van der Waals surface area (Å²) in [5, 5.41) is 9.26. The van der Waals surface area contributed by atoms with E-state index in [1.165, 1.54) is 16.7 Å². The third kappa shape index (κ3) is 7.22. The van der Waals surface area contributed by atoms with E-state index >= 15 is 0 Å². The van der Waals surface area contributed by atoms with Gasteiger partial charge in [-0.25, -0.2) is 0 Å². The predicted octanol–water partition coefficient (Wildman–Crippen LogP) is 8.53. The maximum absolute atomic E-state index is 11.8. The highest BCUT2D eigenvalue weighted by Crippen LogP contribution is 2.27. The molecule has 1 aliphatic rings. The number of thiocarbonyl (C=S) groups is 1. The number of hydrogen-bond acceptors (Lipinski definition) is 3. The Bertz CT molecular complexity index is 1780. The molecule has 1 fully saturated rings. The van der Waals surface area contributed by atoms with E-state index < -0.39 is 0 Å². The fourth-order valence-corrected chi connectivity index (χ4v) is 4.99. The summed E-state index contributed by atoms with van der Waals surface area (Å²) in [6, 6.07) is 45.8. The van der Waals surface area contributed by atoms with Gasteiger partial charge in [-0.2, -0.15) is 0 Å². The van der Waals surface area contributed by atoms with Crippen molar-refractivity contribution in [2.75, 3.05) is 5.32 Å². The lowest BCUT2D eigenvalue weighted by Gasteiger charge is -2.10. The zero-order valence-electron chi connectivity index (χ0n) is 23.3. The zero-order valence-corrected chi connectivity index (χ0v) is 24.1. The van der Waals surface area contributed by atoms with E-state index in [1.54, 1.807) is 6.08 Å². The minimum atomic E-state index is -0.211. The van der Waals surface area contributed by atoms with Gasteiger partial charge in [-0.3, -0.25) is 10.1 Å². The van der Waals surface area contributed by atoms with Gasteiger partial charge in [0.15, 0.2) is 5.11 Å². The van der Waals surface area contributed by atoms with Crippen LogP contribution >= 0.6 is 12.2 Å². The van der Waals surface area contributed by atoms with Gasteiger partial charge in [-0.15, -0.1) is 0 Å². The summed E-state index contributed by atoms with van der Waals surface area (Å²) in [6.45, 7) is 0. The molecule has 3 N–H and O–H groups in total. The highest BCUT2D eigenvalue weighted by Gasteiger charge is 2.19. The molecule has 1 aliphatic heterocycles. The SMILES string of the molecule is O=C1NC(=S)N/C1=C\c1ccc(/C=C/c2ccc(Nc3ccc(C=C(c4ccccc4)c4ccccc4)cc3)cc2)cc1. The van der Waals surface area contributed by atoms with E-state index in [0.717, 1.165) is 33.6 Å². The second-order valence-corrected chi connectivity index (χ2v) is 10.5. The van der Waals surface area contributed by atoms with Gasteiger partial charge in [0.2, 0.25) is 0 Å². The summed E-state index contributed by atoms with van der Waals surface area (Å²) in [6.07, 6.45) is 8.17. The average Bonchev–Trinajstić information content (AvgIpc) is 3.37. The Kier molecular flexibility index (Phi) is 8.34. The number of nitrogens with one attached hydrogen (secondary N) is 3. The van der Waals surface area contributed by atoms with Crippen molar-refractivity contribution in [1.82, 2.24) is 10.6 Å². The number of amides is 1. The largest absolute Gasteiger partial charge is 0.356 e. The Hall–Kier alpha value is -5.52. The van der Waals surface area contributed by atoms with Gasteiger partial charge in [-0.1, -0.05) is 121 Å². The van der Waals surface area contributed by atoms with E-state index in [4.69, 9.17) is 12.2 Å². The average molecular weight is 576 g/mol. The van der Waals surface area contributed by atoms with Crippen LogP contribution in [0.2, 0.25) is 0 Å². The van der Waals surface area contributed by atoms with Gasteiger partial charge in [-0.05, 0) is 87.6 Å². The third-order valence-electron chi connectivity index (χ3n) is 7.03. The molecule has 0 aliphatic carbocycles. The summed E-state index contributed by atoms with van der Waals surface area (Å²) in [7, 11) is 0. The molecule has 43 heavy (non-hydrogen) atoms. The summed E-state index contributed by atoms with van der Waals surface area (Å²) in [5.74, 6) is -0.211. The molecule has 0 atom stereocenters. The van der Waals surface area contributed by atoms with Crippen LogP contribution in [0.25, 0.3) is 29.9 Å². The van der Waals surface area contributed by atoms with Crippen molar-refractivity contribution in [1.29, 1.82) is 0 Å². The number of carbonyl (C=O) groups is 1. The molecule has 5 aromatic rings. The highest BCUT2D eigenvalue weighted by atomic mass is 32.1. The first-order valence-corrected chi connectivity index (χ1v) is 14.4. The quantitative estimate of drug-likeness (QED) is 0.0986. The molecule has 0 saturated carbocycles.